The fourth-order valence-electron chi connectivity index (χ4n) is 1.61. The van der Waals surface area contributed by atoms with Crippen LogP contribution in [0.2, 0.25) is 0 Å². The summed E-state index contributed by atoms with van der Waals surface area (Å²) in [6, 6.07) is 5.29. The molecule has 0 spiro atoms. The number of hydrogen-bond acceptors (Lipinski definition) is 3. The Bertz CT molecular complexity index is 366. The van der Waals surface area contributed by atoms with Crippen LogP contribution in [0.25, 0.3) is 0 Å². The smallest absolute Gasteiger partial charge is 0.160 e. The zero-order chi connectivity index (χ0) is 13.1. The number of benzene rings is 1. The van der Waals surface area contributed by atoms with E-state index in [1.54, 1.807) is 6.07 Å². The molecule has 0 fully saturated rings. The molecule has 3 nitrogen and oxygen atoms in total. The van der Waals surface area contributed by atoms with E-state index in [0.717, 1.165) is 12.0 Å². The molecule has 1 aromatic rings. The Morgan fingerprint density at radius 1 is 1.29 bits per heavy atom. The molecule has 0 saturated carbocycles. The summed E-state index contributed by atoms with van der Waals surface area (Å²) in [5, 5.41) is 19.4. The monoisotopic (exact) mass is 238 g/mol. The highest BCUT2D eigenvalue weighted by Crippen LogP contribution is 2.28. The number of aryl methyl sites for hydroxylation is 1. The SMILES string of the molecule is COc1cc(CCC(O)C(C)(C)C)ccc1O. The van der Waals surface area contributed by atoms with Gasteiger partial charge in [0.15, 0.2) is 11.5 Å². The zero-order valence-corrected chi connectivity index (χ0v) is 11.0. The average molecular weight is 238 g/mol. The van der Waals surface area contributed by atoms with Crippen molar-refractivity contribution in [2.45, 2.75) is 39.7 Å². The van der Waals surface area contributed by atoms with Gasteiger partial charge in [-0.3, -0.25) is 0 Å². The molecule has 3 heteroatoms. The topological polar surface area (TPSA) is 49.7 Å². The number of aliphatic hydroxyl groups excluding tert-OH is 1. The van der Waals surface area contributed by atoms with Crippen molar-refractivity contribution in [2.75, 3.05) is 7.11 Å². The Hall–Kier alpha value is -1.22. The first-order valence-corrected chi connectivity index (χ1v) is 5.88. The quantitative estimate of drug-likeness (QED) is 0.848. The third kappa shape index (κ3) is 3.93. The van der Waals surface area contributed by atoms with Gasteiger partial charge in [-0.15, -0.1) is 0 Å². The lowest BCUT2D eigenvalue weighted by Crippen LogP contribution is -2.26. The van der Waals surface area contributed by atoms with E-state index in [0.29, 0.717) is 12.2 Å². The van der Waals surface area contributed by atoms with Gasteiger partial charge in [0, 0.05) is 0 Å². The van der Waals surface area contributed by atoms with E-state index < -0.39 is 0 Å². The maximum absolute atomic E-state index is 9.95. The van der Waals surface area contributed by atoms with Crippen LogP contribution in [0.4, 0.5) is 0 Å². The number of hydrogen-bond donors (Lipinski definition) is 2. The van der Waals surface area contributed by atoms with Gasteiger partial charge in [0.2, 0.25) is 0 Å². The summed E-state index contributed by atoms with van der Waals surface area (Å²) < 4.78 is 5.05. The van der Waals surface area contributed by atoms with E-state index in [4.69, 9.17) is 4.74 Å². The first-order chi connectivity index (χ1) is 7.84. The number of phenolic OH excluding ortho intramolecular Hbond substituents is 1. The van der Waals surface area contributed by atoms with Crippen molar-refractivity contribution in [3.05, 3.63) is 23.8 Å². The van der Waals surface area contributed by atoms with Crippen LogP contribution in [0.5, 0.6) is 11.5 Å². The fraction of sp³-hybridized carbons (Fsp3) is 0.571. The van der Waals surface area contributed by atoms with Crippen LogP contribution in [0.15, 0.2) is 18.2 Å². The molecule has 0 aliphatic rings. The summed E-state index contributed by atoms with van der Waals surface area (Å²) >= 11 is 0. The third-order valence-corrected chi connectivity index (χ3v) is 2.95. The summed E-state index contributed by atoms with van der Waals surface area (Å²) in [5.74, 6) is 0.625. The number of phenols is 1. The first-order valence-electron chi connectivity index (χ1n) is 5.88. The number of rotatable bonds is 4. The molecule has 0 bridgehead atoms. The summed E-state index contributed by atoms with van der Waals surface area (Å²) in [6.07, 6.45) is 1.15. The van der Waals surface area contributed by atoms with E-state index in [1.807, 2.05) is 32.9 Å². The van der Waals surface area contributed by atoms with Crippen molar-refractivity contribution in [3.8, 4) is 11.5 Å². The van der Waals surface area contributed by atoms with Crippen LogP contribution in [0.3, 0.4) is 0 Å². The van der Waals surface area contributed by atoms with Gasteiger partial charge in [0.25, 0.3) is 0 Å². The molecular weight excluding hydrogens is 216 g/mol. The van der Waals surface area contributed by atoms with Crippen molar-refractivity contribution < 1.29 is 14.9 Å². The van der Waals surface area contributed by atoms with Crippen molar-refractivity contribution in [3.63, 3.8) is 0 Å². The summed E-state index contributed by atoms with van der Waals surface area (Å²) in [4.78, 5) is 0. The molecule has 0 radical (unpaired) electrons. The lowest BCUT2D eigenvalue weighted by atomic mass is 9.86. The van der Waals surface area contributed by atoms with Gasteiger partial charge in [0.05, 0.1) is 13.2 Å². The van der Waals surface area contributed by atoms with Gasteiger partial charge < -0.3 is 14.9 Å². The molecule has 1 unspecified atom stereocenters. The molecular formula is C14H22O3. The molecule has 0 heterocycles. The summed E-state index contributed by atoms with van der Waals surface area (Å²) in [5.41, 5.74) is 0.962. The largest absolute Gasteiger partial charge is 0.504 e. The minimum absolute atomic E-state index is 0.0962. The summed E-state index contributed by atoms with van der Waals surface area (Å²) in [7, 11) is 1.53. The number of aromatic hydroxyl groups is 1. The lowest BCUT2D eigenvalue weighted by molar-refractivity contribution is 0.0560. The van der Waals surface area contributed by atoms with Gasteiger partial charge in [-0.25, -0.2) is 0 Å². The van der Waals surface area contributed by atoms with E-state index in [1.165, 1.54) is 7.11 Å². The molecule has 1 aromatic carbocycles. The first kappa shape index (κ1) is 13.8. The van der Waals surface area contributed by atoms with Crippen molar-refractivity contribution in [1.29, 1.82) is 0 Å². The highest BCUT2D eigenvalue weighted by Gasteiger charge is 2.21. The Kier molecular flexibility index (Phi) is 4.40. The molecule has 0 aromatic heterocycles. The second-order valence-corrected chi connectivity index (χ2v) is 5.43. The van der Waals surface area contributed by atoms with Crippen LogP contribution in [0.1, 0.15) is 32.8 Å². The minimum Gasteiger partial charge on any atom is -0.504 e. The highest BCUT2D eigenvalue weighted by molar-refractivity contribution is 5.41. The third-order valence-electron chi connectivity index (χ3n) is 2.95. The number of methoxy groups -OCH3 is 1. The molecule has 2 N–H and O–H groups in total. The molecule has 0 aliphatic heterocycles. The van der Waals surface area contributed by atoms with Crippen LogP contribution in [0, 0.1) is 5.41 Å². The molecule has 0 amide bonds. The second kappa shape index (κ2) is 5.41. The molecule has 96 valence electrons. The molecule has 0 aliphatic carbocycles. The van der Waals surface area contributed by atoms with Crippen molar-refractivity contribution in [1.82, 2.24) is 0 Å². The van der Waals surface area contributed by atoms with Gasteiger partial charge >= 0.3 is 0 Å². The van der Waals surface area contributed by atoms with Crippen LogP contribution < -0.4 is 4.74 Å². The minimum atomic E-state index is -0.331. The fourth-order valence-corrected chi connectivity index (χ4v) is 1.61. The van der Waals surface area contributed by atoms with Crippen LogP contribution in [-0.4, -0.2) is 23.4 Å². The van der Waals surface area contributed by atoms with Crippen molar-refractivity contribution in [2.24, 2.45) is 5.41 Å². The van der Waals surface area contributed by atoms with Crippen LogP contribution in [-0.2, 0) is 6.42 Å². The molecule has 17 heavy (non-hydrogen) atoms. The predicted octanol–water partition coefficient (Wildman–Crippen LogP) is 2.74. The Morgan fingerprint density at radius 3 is 2.47 bits per heavy atom. The lowest BCUT2D eigenvalue weighted by Gasteiger charge is -2.25. The van der Waals surface area contributed by atoms with E-state index in [9.17, 15) is 10.2 Å². The van der Waals surface area contributed by atoms with Gasteiger partial charge in [-0.05, 0) is 36.0 Å². The van der Waals surface area contributed by atoms with Gasteiger partial charge in [-0.1, -0.05) is 26.8 Å². The van der Waals surface area contributed by atoms with E-state index in [2.05, 4.69) is 0 Å². The average Bonchev–Trinajstić information content (AvgIpc) is 2.26. The normalized spacial score (nSPS) is 13.5. The number of ether oxygens (including phenoxy) is 1. The van der Waals surface area contributed by atoms with Crippen molar-refractivity contribution >= 4 is 0 Å². The Labute approximate surface area is 103 Å². The molecule has 0 saturated heterocycles. The maximum Gasteiger partial charge on any atom is 0.160 e. The van der Waals surface area contributed by atoms with Gasteiger partial charge in [0.1, 0.15) is 0 Å². The van der Waals surface area contributed by atoms with Gasteiger partial charge in [-0.2, -0.15) is 0 Å². The molecule has 1 atom stereocenters. The maximum atomic E-state index is 9.95. The Morgan fingerprint density at radius 2 is 1.94 bits per heavy atom. The standard InChI is InChI=1S/C14H22O3/c1-14(2,3)13(16)8-6-10-5-7-11(15)12(9-10)17-4/h5,7,9,13,15-16H,6,8H2,1-4H3. The van der Waals surface area contributed by atoms with E-state index >= 15 is 0 Å². The van der Waals surface area contributed by atoms with E-state index in [-0.39, 0.29) is 17.3 Å². The summed E-state index contributed by atoms with van der Waals surface area (Å²) in [6.45, 7) is 6.07. The molecule has 1 rings (SSSR count). The highest BCUT2D eigenvalue weighted by atomic mass is 16.5. The Balaban J connectivity index is 2.64. The van der Waals surface area contributed by atoms with Crippen LogP contribution >= 0.6 is 0 Å². The number of aliphatic hydroxyl groups is 1. The predicted molar refractivity (Wildman–Crippen MR) is 68.4 cm³/mol. The zero-order valence-electron chi connectivity index (χ0n) is 11.0. The second-order valence-electron chi connectivity index (χ2n) is 5.43.